The largest absolute Gasteiger partial charge is 0.496 e. The molecule has 1 rings (SSSR count). The first-order valence-corrected chi connectivity index (χ1v) is 5.21. The van der Waals surface area contributed by atoms with Crippen LogP contribution in [0.5, 0.6) is 11.5 Å². The Bertz CT molecular complexity index is 415. The fourth-order valence-corrected chi connectivity index (χ4v) is 1.39. The first-order chi connectivity index (χ1) is 7.99. The smallest absolute Gasteiger partial charge is 0.253 e. The number of nitrogens with one attached hydrogen (secondary N) is 1. The van der Waals surface area contributed by atoms with E-state index in [0.29, 0.717) is 17.2 Å². The molecular formula is C12H17NO4. The lowest BCUT2D eigenvalue weighted by Crippen LogP contribution is -2.24. The molecule has 0 bridgehead atoms. The summed E-state index contributed by atoms with van der Waals surface area (Å²) in [5.74, 6) is 0.679. The molecule has 0 spiro atoms. The number of carbonyl (C=O) groups is 1. The summed E-state index contributed by atoms with van der Waals surface area (Å²) in [6.07, 6.45) is -1.08. The number of aliphatic hydroxyl groups excluding tert-OH is 1. The van der Waals surface area contributed by atoms with Crippen molar-refractivity contribution in [1.29, 1.82) is 0 Å². The van der Waals surface area contributed by atoms with Crippen molar-refractivity contribution in [2.24, 2.45) is 0 Å². The van der Waals surface area contributed by atoms with E-state index in [2.05, 4.69) is 5.32 Å². The van der Waals surface area contributed by atoms with Crippen LogP contribution in [0.1, 0.15) is 12.5 Å². The van der Waals surface area contributed by atoms with Crippen molar-refractivity contribution in [2.45, 2.75) is 20.0 Å². The van der Waals surface area contributed by atoms with Gasteiger partial charge in [-0.25, -0.2) is 0 Å². The molecule has 0 aromatic heterocycles. The maximum Gasteiger partial charge on any atom is 0.253 e. The van der Waals surface area contributed by atoms with Crippen LogP contribution in [-0.4, -0.2) is 31.3 Å². The minimum absolute atomic E-state index is 0.473. The number of carbonyl (C=O) groups excluding carboxylic acids is 1. The van der Waals surface area contributed by atoms with E-state index in [4.69, 9.17) is 14.6 Å². The van der Waals surface area contributed by atoms with Crippen molar-refractivity contribution in [3.8, 4) is 11.5 Å². The van der Waals surface area contributed by atoms with Crippen LogP contribution in [0.4, 0.5) is 5.69 Å². The molecule has 0 fully saturated rings. The first-order valence-electron chi connectivity index (χ1n) is 5.21. The lowest BCUT2D eigenvalue weighted by molar-refractivity contribution is -0.123. The van der Waals surface area contributed by atoms with Crippen molar-refractivity contribution in [1.82, 2.24) is 0 Å². The van der Waals surface area contributed by atoms with E-state index in [1.807, 2.05) is 6.92 Å². The molecular weight excluding hydrogens is 222 g/mol. The molecule has 5 heteroatoms. The standard InChI is InChI=1S/C12H17NO4/c1-7-5-11(17-4)9(6-10(7)16-3)13-12(15)8(2)14/h5-6,8,14H,1-4H3,(H,13,15). The van der Waals surface area contributed by atoms with Crippen LogP contribution in [0, 0.1) is 6.92 Å². The zero-order valence-corrected chi connectivity index (χ0v) is 10.4. The maximum atomic E-state index is 11.4. The third-order valence-electron chi connectivity index (χ3n) is 2.35. The Morgan fingerprint density at radius 2 is 1.88 bits per heavy atom. The summed E-state index contributed by atoms with van der Waals surface area (Å²) in [4.78, 5) is 11.4. The van der Waals surface area contributed by atoms with Gasteiger partial charge in [0.15, 0.2) is 0 Å². The average molecular weight is 239 g/mol. The zero-order chi connectivity index (χ0) is 13.0. The highest BCUT2D eigenvalue weighted by atomic mass is 16.5. The van der Waals surface area contributed by atoms with Crippen molar-refractivity contribution in [3.63, 3.8) is 0 Å². The number of aliphatic hydroxyl groups is 1. The molecule has 1 aromatic carbocycles. The lowest BCUT2D eigenvalue weighted by Gasteiger charge is -2.14. The minimum atomic E-state index is -1.08. The Morgan fingerprint density at radius 3 is 2.35 bits per heavy atom. The van der Waals surface area contributed by atoms with Crippen LogP contribution < -0.4 is 14.8 Å². The van der Waals surface area contributed by atoms with Crippen molar-refractivity contribution < 1.29 is 19.4 Å². The fourth-order valence-electron chi connectivity index (χ4n) is 1.39. The van der Waals surface area contributed by atoms with E-state index in [1.54, 1.807) is 19.2 Å². The number of benzene rings is 1. The van der Waals surface area contributed by atoms with Gasteiger partial charge in [0.25, 0.3) is 5.91 Å². The highest BCUT2D eigenvalue weighted by molar-refractivity contribution is 5.95. The summed E-state index contributed by atoms with van der Waals surface area (Å²) in [7, 11) is 3.06. The van der Waals surface area contributed by atoms with Crippen molar-refractivity contribution >= 4 is 11.6 Å². The summed E-state index contributed by atoms with van der Waals surface area (Å²) < 4.78 is 10.3. The molecule has 2 N–H and O–H groups in total. The molecule has 0 heterocycles. The Kier molecular flexibility index (Phi) is 4.34. The molecule has 94 valence electrons. The van der Waals surface area contributed by atoms with Crippen molar-refractivity contribution in [3.05, 3.63) is 17.7 Å². The van der Waals surface area contributed by atoms with Gasteiger partial charge in [-0.3, -0.25) is 4.79 Å². The summed E-state index contributed by atoms with van der Waals surface area (Å²) in [5.41, 5.74) is 1.38. The highest BCUT2D eigenvalue weighted by Crippen LogP contribution is 2.32. The van der Waals surface area contributed by atoms with Crippen LogP contribution in [-0.2, 0) is 4.79 Å². The molecule has 1 unspecified atom stereocenters. The van der Waals surface area contributed by atoms with E-state index >= 15 is 0 Å². The van der Waals surface area contributed by atoms with Gasteiger partial charge < -0.3 is 19.9 Å². The Hall–Kier alpha value is -1.75. The van der Waals surface area contributed by atoms with Crippen LogP contribution in [0.3, 0.4) is 0 Å². The predicted molar refractivity (Wildman–Crippen MR) is 64.6 cm³/mol. The Balaban J connectivity index is 3.08. The molecule has 0 aliphatic heterocycles. The molecule has 1 amide bonds. The number of ether oxygens (including phenoxy) is 2. The third-order valence-corrected chi connectivity index (χ3v) is 2.35. The Labute approximate surface area is 100 Å². The van der Waals surface area contributed by atoms with E-state index in [0.717, 1.165) is 5.56 Å². The molecule has 17 heavy (non-hydrogen) atoms. The van der Waals surface area contributed by atoms with Crippen LogP contribution >= 0.6 is 0 Å². The zero-order valence-electron chi connectivity index (χ0n) is 10.4. The quantitative estimate of drug-likeness (QED) is 0.831. The molecule has 5 nitrogen and oxygen atoms in total. The average Bonchev–Trinajstić information content (AvgIpc) is 2.30. The monoisotopic (exact) mass is 239 g/mol. The van der Waals surface area contributed by atoms with E-state index < -0.39 is 12.0 Å². The minimum Gasteiger partial charge on any atom is -0.496 e. The predicted octanol–water partition coefficient (Wildman–Crippen LogP) is 1.33. The van der Waals surface area contributed by atoms with Gasteiger partial charge in [0.05, 0.1) is 19.9 Å². The number of methoxy groups -OCH3 is 2. The van der Waals surface area contributed by atoms with Gasteiger partial charge in [-0.05, 0) is 25.5 Å². The first kappa shape index (κ1) is 13.3. The van der Waals surface area contributed by atoms with Gasteiger partial charge in [-0.2, -0.15) is 0 Å². The van der Waals surface area contributed by atoms with Crippen LogP contribution in [0.2, 0.25) is 0 Å². The van der Waals surface area contributed by atoms with Gasteiger partial charge in [-0.1, -0.05) is 0 Å². The number of rotatable bonds is 4. The molecule has 1 atom stereocenters. The number of anilines is 1. The molecule has 0 radical (unpaired) electrons. The summed E-state index contributed by atoms with van der Waals surface area (Å²) >= 11 is 0. The van der Waals surface area contributed by atoms with Gasteiger partial charge in [0, 0.05) is 6.07 Å². The maximum absolute atomic E-state index is 11.4. The van der Waals surface area contributed by atoms with Crippen LogP contribution in [0.15, 0.2) is 12.1 Å². The van der Waals surface area contributed by atoms with Crippen LogP contribution in [0.25, 0.3) is 0 Å². The van der Waals surface area contributed by atoms with Gasteiger partial charge in [-0.15, -0.1) is 0 Å². The van der Waals surface area contributed by atoms with E-state index in [9.17, 15) is 4.79 Å². The highest BCUT2D eigenvalue weighted by Gasteiger charge is 2.14. The normalized spacial score (nSPS) is 11.8. The molecule has 0 saturated heterocycles. The van der Waals surface area contributed by atoms with Crippen molar-refractivity contribution in [2.75, 3.05) is 19.5 Å². The second kappa shape index (κ2) is 5.54. The SMILES string of the molecule is COc1cc(NC(=O)C(C)O)c(OC)cc1C. The molecule has 0 saturated carbocycles. The summed E-state index contributed by atoms with van der Waals surface area (Å²) in [6.45, 7) is 3.27. The van der Waals surface area contributed by atoms with E-state index in [1.165, 1.54) is 14.0 Å². The second-order valence-corrected chi connectivity index (χ2v) is 3.69. The number of amides is 1. The topological polar surface area (TPSA) is 67.8 Å². The number of aryl methyl sites for hydroxylation is 1. The number of hydrogen-bond donors (Lipinski definition) is 2. The fraction of sp³-hybridized carbons (Fsp3) is 0.417. The van der Waals surface area contributed by atoms with Gasteiger partial charge in [0.2, 0.25) is 0 Å². The molecule has 0 aliphatic carbocycles. The number of hydrogen-bond acceptors (Lipinski definition) is 4. The third kappa shape index (κ3) is 3.10. The molecule has 1 aromatic rings. The van der Waals surface area contributed by atoms with Gasteiger partial charge >= 0.3 is 0 Å². The lowest BCUT2D eigenvalue weighted by atomic mass is 10.1. The summed E-state index contributed by atoms with van der Waals surface area (Å²) in [5, 5.41) is 11.7. The van der Waals surface area contributed by atoms with E-state index in [-0.39, 0.29) is 0 Å². The molecule has 0 aliphatic rings. The second-order valence-electron chi connectivity index (χ2n) is 3.69. The Morgan fingerprint density at radius 1 is 1.29 bits per heavy atom. The van der Waals surface area contributed by atoms with Gasteiger partial charge in [0.1, 0.15) is 17.6 Å². The summed E-state index contributed by atoms with van der Waals surface area (Å²) in [6, 6.07) is 3.42.